The van der Waals surface area contributed by atoms with E-state index < -0.39 is 0 Å². The molecule has 10 heteroatoms. The first-order valence-electron chi connectivity index (χ1n) is 11.4. The zero-order chi connectivity index (χ0) is 24.9. The number of amides is 1. The van der Waals surface area contributed by atoms with Crippen LogP contribution in [0.3, 0.4) is 0 Å². The van der Waals surface area contributed by atoms with Gasteiger partial charge in [-0.3, -0.25) is 9.36 Å². The fourth-order valence-electron chi connectivity index (χ4n) is 4.01. The Balaban J connectivity index is 1.38. The van der Waals surface area contributed by atoms with Crippen LogP contribution in [0.2, 0.25) is 0 Å². The molecule has 36 heavy (non-hydrogen) atoms. The minimum atomic E-state index is -0.143. The van der Waals surface area contributed by atoms with Crippen molar-refractivity contribution >= 4 is 45.0 Å². The predicted octanol–water partition coefficient (Wildman–Crippen LogP) is 4.97. The summed E-state index contributed by atoms with van der Waals surface area (Å²) in [7, 11) is 0. The molecular formula is C26H24BrN5O3S. The minimum Gasteiger partial charge on any atom is -0.507 e. The molecular weight excluding hydrogens is 542 g/mol. The number of phenols is 1. The maximum absolute atomic E-state index is 13.0. The average molecular weight is 566 g/mol. The zero-order valence-corrected chi connectivity index (χ0v) is 21.7. The first kappa shape index (κ1) is 24.4. The monoisotopic (exact) mass is 565 g/mol. The molecule has 1 amide bonds. The molecule has 0 bridgehead atoms. The number of thioether (sulfide) groups is 1. The van der Waals surface area contributed by atoms with Crippen molar-refractivity contribution in [3.63, 3.8) is 0 Å². The molecule has 3 aromatic carbocycles. The highest BCUT2D eigenvalue weighted by Gasteiger charge is 2.21. The first-order chi connectivity index (χ1) is 17.6. The van der Waals surface area contributed by atoms with Gasteiger partial charge in [0, 0.05) is 23.2 Å². The highest BCUT2D eigenvalue weighted by atomic mass is 79.9. The lowest BCUT2D eigenvalue weighted by Crippen LogP contribution is -2.36. The van der Waals surface area contributed by atoms with Gasteiger partial charge in [-0.1, -0.05) is 58.0 Å². The van der Waals surface area contributed by atoms with Gasteiger partial charge >= 0.3 is 0 Å². The van der Waals surface area contributed by atoms with Crippen LogP contribution in [0.15, 0.2) is 82.4 Å². The molecule has 8 nitrogen and oxygen atoms in total. The Morgan fingerprint density at radius 1 is 1.03 bits per heavy atom. The number of ether oxygens (including phenoxy) is 1. The van der Waals surface area contributed by atoms with Crippen molar-refractivity contribution < 1.29 is 14.6 Å². The summed E-state index contributed by atoms with van der Waals surface area (Å²) < 4.78 is 8.12. The number of para-hydroxylation sites is 3. The van der Waals surface area contributed by atoms with Crippen LogP contribution in [0.4, 0.5) is 11.4 Å². The van der Waals surface area contributed by atoms with E-state index in [1.165, 1.54) is 11.8 Å². The number of carbonyl (C=O) groups excluding carboxylic acids is 1. The molecule has 4 aromatic rings. The molecule has 1 aliphatic rings. The topological polar surface area (TPSA) is 92.5 Å². The number of aromatic nitrogens is 3. The van der Waals surface area contributed by atoms with E-state index in [2.05, 4.69) is 36.3 Å². The third-order valence-electron chi connectivity index (χ3n) is 5.71. The molecule has 0 spiro atoms. The van der Waals surface area contributed by atoms with Crippen molar-refractivity contribution in [2.75, 3.05) is 42.3 Å². The smallest absolute Gasteiger partial charge is 0.234 e. The van der Waals surface area contributed by atoms with E-state index in [4.69, 9.17) is 4.74 Å². The number of phenolic OH excluding ortho intramolecular Hbond substituents is 1. The molecule has 0 radical (unpaired) electrons. The number of carbonyl (C=O) groups is 1. The summed E-state index contributed by atoms with van der Waals surface area (Å²) in [6.45, 7) is 2.91. The quantitative estimate of drug-likeness (QED) is 0.305. The highest BCUT2D eigenvalue weighted by molar-refractivity contribution is 9.10. The molecule has 0 atom stereocenters. The third-order valence-corrected chi connectivity index (χ3v) is 7.13. The van der Waals surface area contributed by atoms with Crippen LogP contribution in [-0.4, -0.2) is 57.8 Å². The predicted molar refractivity (Wildman–Crippen MR) is 145 cm³/mol. The molecule has 1 fully saturated rings. The minimum absolute atomic E-state index is 0.0943. The number of benzene rings is 3. The van der Waals surface area contributed by atoms with Crippen LogP contribution in [0.25, 0.3) is 17.1 Å². The normalized spacial score (nSPS) is 13.5. The summed E-state index contributed by atoms with van der Waals surface area (Å²) in [5.41, 5.74) is 3.13. The molecule has 1 aliphatic heterocycles. The van der Waals surface area contributed by atoms with Gasteiger partial charge in [0.2, 0.25) is 5.91 Å². The number of morpholine rings is 1. The molecule has 1 aromatic heterocycles. The number of rotatable bonds is 7. The Morgan fingerprint density at radius 2 is 1.78 bits per heavy atom. The fraction of sp³-hybridized carbons (Fsp3) is 0.192. The van der Waals surface area contributed by atoms with Gasteiger partial charge in [-0.15, -0.1) is 10.2 Å². The van der Waals surface area contributed by atoms with E-state index in [9.17, 15) is 9.90 Å². The average Bonchev–Trinajstić information content (AvgIpc) is 3.34. The van der Waals surface area contributed by atoms with Crippen molar-refractivity contribution in [2.45, 2.75) is 5.16 Å². The van der Waals surface area contributed by atoms with Crippen molar-refractivity contribution in [1.82, 2.24) is 14.8 Å². The summed E-state index contributed by atoms with van der Waals surface area (Å²) in [5.74, 6) is 0.583. The van der Waals surface area contributed by atoms with Gasteiger partial charge in [-0.25, -0.2) is 0 Å². The van der Waals surface area contributed by atoms with Gasteiger partial charge in [0.25, 0.3) is 0 Å². The lowest BCUT2D eigenvalue weighted by Gasteiger charge is -2.30. The fourth-order valence-corrected chi connectivity index (χ4v) is 5.12. The Labute approximate surface area is 221 Å². The molecule has 2 heterocycles. The van der Waals surface area contributed by atoms with Crippen molar-refractivity contribution in [1.29, 1.82) is 0 Å². The molecule has 184 valence electrons. The summed E-state index contributed by atoms with van der Waals surface area (Å²) in [6, 6.07) is 22.6. The van der Waals surface area contributed by atoms with Crippen LogP contribution >= 0.6 is 27.7 Å². The lowest BCUT2D eigenvalue weighted by molar-refractivity contribution is -0.113. The molecule has 0 unspecified atom stereocenters. The second kappa shape index (κ2) is 11.2. The SMILES string of the molecule is O=C(CSc1nnc(-c2cc(Br)ccc2O)n1-c1ccccc1)Nc1ccccc1N1CCOCC1. The van der Waals surface area contributed by atoms with Crippen molar-refractivity contribution in [3.05, 3.63) is 77.3 Å². The Kier molecular flexibility index (Phi) is 7.55. The number of hydrogen-bond acceptors (Lipinski definition) is 7. The molecule has 2 N–H and O–H groups in total. The summed E-state index contributed by atoms with van der Waals surface area (Å²) in [6.07, 6.45) is 0. The zero-order valence-electron chi connectivity index (χ0n) is 19.3. The number of nitrogens with one attached hydrogen (secondary N) is 1. The number of hydrogen-bond donors (Lipinski definition) is 2. The van der Waals surface area contributed by atoms with Crippen molar-refractivity contribution in [3.8, 4) is 22.8 Å². The maximum Gasteiger partial charge on any atom is 0.234 e. The number of nitrogens with zero attached hydrogens (tertiary/aromatic N) is 4. The summed E-state index contributed by atoms with van der Waals surface area (Å²) in [5, 5.41) is 22.8. The maximum atomic E-state index is 13.0. The molecule has 0 aliphatic carbocycles. The van der Waals surface area contributed by atoms with Crippen LogP contribution < -0.4 is 10.2 Å². The Hall–Kier alpha value is -3.34. The Bertz CT molecular complexity index is 1360. The molecule has 1 saturated heterocycles. The van der Waals surface area contributed by atoms with Gasteiger partial charge in [-0.05, 0) is 42.5 Å². The molecule has 5 rings (SSSR count). The van der Waals surface area contributed by atoms with Gasteiger partial charge < -0.3 is 20.1 Å². The molecule has 0 saturated carbocycles. The van der Waals surface area contributed by atoms with Crippen LogP contribution in [0.5, 0.6) is 5.75 Å². The number of anilines is 2. The van der Waals surface area contributed by atoms with Crippen LogP contribution in [-0.2, 0) is 9.53 Å². The van der Waals surface area contributed by atoms with E-state index in [1.54, 1.807) is 18.2 Å². The van der Waals surface area contributed by atoms with Gasteiger partial charge in [0.05, 0.1) is 35.9 Å². The first-order valence-corrected chi connectivity index (χ1v) is 13.2. The van der Waals surface area contributed by atoms with E-state index in [0.29, 0.717) is 29.8 Å². The van der Waals surface area contributed by atoms with Gasteiger partial charge in [0.15, 0.2) is 11.0 Å². The lowest BCUT2D eigenvalue weighted by atomic mass is 10.2. The third kappa shape index (κ3) is 5.40. The number of halogens is 1. The summed E-state index contributed by atoms with van der Waals surface area (Å²) >= 11 is 4.75. The second-order valence-corrected chi connectivity index (χ2v) is 9.95. The summed E-state index contributed by atoms with van der Waals surface area (Å²) in [4.78, 5) is 15.2. The largest absolute Gasteiger partial charge is 0.507 e. The van der Waals surface area contributed by atoms with Crippen LogP contribution in [0.1, 0.15) is 0 Å². The number of aromatic hydroxyl groups is 1. The van der Waals surface area contributed by atoms with E-state index >= 15 is 0 Å². The van der Waals surface area contributed by atoms with E-state index in [1.807, 2.05) is 59.2 Å². The van der Waals surface area contributed by atoms with Crippen molar-refractivity contribution in [2.24, 2.45) is 0 Å². The highest BCUT2D eigenvalue weighted by Crippen LogP contribution is 2.35. The Morgan fingerprint density at radius 3 is 2.58 bits per heavy atom. The van der Waals surface area contributed by atoms with Gasteiger partial charge in [0.1, 0.15) is 5.75 Å². The van der Waals surface area contributed by atoms with Gasteiger partial charge in [-0.2, -0.15) is 0 Å². The second-order valence-electron chi connectivity index (χ2n) is 8.09. The standard InChI is InChI=1S/C26H24BrN5O3S/c27-18-10-11-23(33)20(16-18)25-29-30-26(32(25)19-6-2-1-3-7-19)36-17-24(34)28-21-8-4-5-9-22(21)31-12-14-35-15-13-31/h1-11,16,33H,12-15,17H2,(H,28,34). The van der Waals surface area contributed by atoms with E-state index in [-0.39, 0.29) is 17.4 Å². The van der Waals surface area contributed by atoms with Crippen LogP contribution in [0, 0.1) is 0 Å². The van der Waals surface area contributed by atoms with E-state index in [0.717, 1.165) is 34.6 Å².